The van der Waals surface area contributed by atoms with Crippen molar-refractivity contribution >= 4 is 35.1 Å². The van der Waals surface area contributed by atoms with Gasteiger partial charge in [-0.05, 0) is 31.0 Å². The highest BCUT2D eigenvalue weighted by atomic mass is 35.5. The predicted octanol–water partition coefficient (Wildman–Crippen LogP) is 1.63. The number of carbonyl (C=O) groups excluding carboxylic acids is 2. The van der Waals surface area contributed by atoms with E-state index >= 15 is 0 Å². The van der Waals surface area contributed by atoms with Crippen molar-refractivity contribution in [3.63, 3.8) is 0 Å². The van der Waals surface area contributed by atoms with Crippen molar-refractivity contribution < 1.29 is 19.5 Å². The van der Waals surface area contributed by atoms with Crippen LogP contribution in [0.15, 0.2) is 24.3 Å². The average Bonchev–Trinajstić information content (AvgIpc) is 3.13. The second kappa shape index (κ2) is 6.20. The number of nitrogens with zero attached hydrogens (tertiary/aromatic N) is 2. The van der Waals surface area contributed by atoms with Crippen molar-refractivity contribution in [1.29, 1.82) is 0 Å². The van der Waals surface area contributed by atoms with Crippen LogP contribution >= 0.6 is 11.6 Å². The number of hydrogen-bond donors (Lipinski definition) is 1. The molecule has 2 amide bonds. The molecular formula is C16H17ClN2O4. The van der Waals surface area contributed by atoms with Crippen LogP contribution in [0.1, 0.15) is 12.8 Å². The van der Waals surface area contributed by atoms with Gasteiger partial charge in [-0.2, -0.15) is 0 Å². The summed E-state index contributed by atoms with van der Waals surface area (Å²) in [5.41, 5.74) is 0.683. The third-order valence-electron chi connectivity index (χ3n) is 4.47. The first-order valence-corrected chi connectivity index (χ1v) is 7.93. The summed E-state index contributed by atoms with van der Waals surface area (Å²) < 4.78 is 0. The van der Waals surface area contributed by atoms with Gasteiger partial charge in [-0.3, -0.25) is 14.4 Å². The van der Waals surface area contributed by atoms with Gasteiger partial charge in [0.05, 0.1) is 5.92 Å². The Kier molecular flexibility index (Phi) is 4.26. The fourth-order valence-corrected chi connectivity index (χ4v) is 3.38. The van der Waals surface area contributed by atoms with Gasteiger partial charge in [0.15, 0.2) is 0 Å². The summed E-state index contributed by atoms with van der Waals surface area (Å²) in [7, 11) is 0. The van der Waals surface area contributed by atoms with Crippen LogP contribution in [0.4, 0.5) is 5.69 Å². The van der Waals surface area contributed by atoms with Crippen LogP contribution in [0.25, 0.3) is 0 Å². The lowest BCUT2D eigenvalue weighted by Gasteiger charge is -2.20. The second-order valence-corrected chi connectivity index (χ2v) is 6.36. The van der Waals surface area contributed by atoms with Crippen molar-refractivity contribution in [3.05, 3.63) is 29.3 Å². The topological polar surface area (TPSA) is 77.9 Å². The van der Waals surface area contributed by atoms with Crippen molar-refractivity contribution in [2.45, 2.75) is 12.8 Å². The first-order valence-electron chi connectivity index (χ1n) is 7.56. The molecule has 6 nitrogen and oxygen atoms in total. The van der Waals surface area contributed by atoms with Crippen LogP contribution in [-0.2, 0) is 14.4 Å². The fourth-order valence-electron chi connectivity index (χ4n) is 3.19. The number of hydrogen-bond acceptors (Lipinski definition) is 3. The first kappa shape index (κ1) is 15.8. The zero-order valence-electron chi connectivity index (χ0n) is 12.4. The molecule has 0 spiro atoms. The van der Waals surface area contributed by atoms with Crippen molar-refractivity contribution in [2.75, 3.05) is 24.5 Å². The molecule has 1 aromatic carbocycles. The first-order chi connectivity index (χ1) is 11.0. The molecule has 2 saturated heterocycles. The Hall–Kier alpha value is -2.08. The smallest absolute Gasteiger partial charge is 0.308 e. The Balaban J connectivity index is 1.69. The van der Waals surface area contributed by atoms with Gasteiger partial charge < -0.3 is 14.9 Å². The lowest BCUT2D eigenvalue weighted by atomic mass is 10.1. The number of likely N-dealkylation sites (tertiary alicyclic amines) is 1. The van der Waals surface area contributed by atoms with Gasteiger partial charge in [-0.25, -0.2) is 0 Å². The maximum absolute atomic E-state index is 12.5. The van der Waals surface area contributed by atoms with Gasteiger partial charge in [-0.1, -0.05) is 17.7 Å². The molecule has 0 radical (unpaired) electrons. The normalized spacial score (nSPS) is 24.3. The lowest BCUT2D eigenvalue weighted by Crippen LogP contribution is -2.39. The number of anilines is 1. The van der Waals surface area contributed by atoms with Crippen LogP contribution in [0.5, 0.6) is 0 Å². The molecule has 2 aliphatic heterocycles. The van der Waals surface area contributed by atoms with E-state index < -0.39 is 17.8 Å². The van der Waals surface area contributed by atoms with Gasteiger partial charge in [0.1, 0.15) is 5.92 Å². The number of aliphatic carboxylic acids is 1. The molecule has 2 unspecified atom stereocenters. The monoisotopic (exact) mass is 336 g/mol. The highest BCUT2D eigenvalue weighted by Crippen LogP contribution is 2.29. The number of halogens is 1. The Morgan fingerprint density at radius 1 is 1.22 bits per heavy atom. The van der Waals surface area contributed by atoms with E-state index in [0.29, 0.717) is 36.6 Å². The quantitative estimate of drug-likeness (QED) is 0.851. The third-order valence-corrected chi connectivity index (χ3v) is 4.71. The summed E-state index contributed by atoms with van der Waals surface area (Å²) in [5.74, 6) is -2.64. The molecule has 1 N–H and O–H groups in total. The van der Waals surface area contributed by atoms with Crippen molar-refractivity contribution in [3.8, 4) is 0 Å². The molecule has 1 aromatic rings. The molecule has 0 aliphatic carbocycles. The van der Waals surface area contributed by atoms with E-state index in [1.54, 1.807) is 29.2 Å². The molecule has 2 fully saturated rings. The van der Waals surface area contributed by atoms with Crippen LogP contribution < -0.4 is 4.90 Å². The Morgan fingerprint density at radius 3 is 2.65 bits per heavy atom. The molecule has 2 aliphatic rings. The van der Waals surface area contributed by atoms with E-state index in [0.717, 1.165) is 0 Å². The minimum Gasteiger partial charge on any atom is -0.481 e. The van der Waals surface area contributed by atoms with Crippen LogP contribution in [0.2, 0.25) is 5.02 Å². The van der Waals surface area contributed by atoms with Gasteiger partial charge in [-0.15, -0.1) is 0 Å². The van der Waals surface area contributed by atoms with E-state index in [4.69, 9.17) is 16.7 Å². The molecular weight excluding hydrogens is 320 g/mol. The summed E-state index contributed by atoms with van der Waals surface area (Å²) in [5, 5.41) is 9.56. The average molecular weight is 337 g/mol. The number of carboxylic acid groups (broad SMARTS) is 1. The highest BCUT2D eigenvalue weighted by molar-refractivity contribution is 6.31. The van der Waals surface area contributed by atoms with Crippen LogP contribution in [-0.4, -0.2) is 47.4 Å². The number of carbonyl (C=O) groups is 3. The maximum atomic E-state index is 12.5. The predicted molar refractivity (Wildman–Crippen MR) is 84.2 cm³/mol. The zero-order chi connectivity index (χ0) is 16.6. The maximum Gasteiger partial charge on any atom is 0.308 e. The summed E-state index contributed by atoms with van der Waals surface area (Å²) >= 11 is 5.95. The highest BCUT2D eigenvalue weighted by Gasteiger charge is 2.42. The number of rotatable bonds is 3. The summed E-state index contributed by atoms with van der Waals surface area (Å²) in [6.45, 7) is 1.05. The Bertz CT molecular complexity index is 663. The zero-order valence-corrected chi connectivity index (χ0v) is 13.2. The van der Waals surface area contributed by atoms with E-state index in [9.17, 15) is 14.4 Å². The van der Waals surface area contributed by atoms with Gasteiger partial charge in [0.2, 0.25) is 11.8 Å². The largest absolute Gasteiger partial charge is 0.481 e. The SMILES string of the molecule is O=C(O)C1CCN(C(=O)C2CCN(c3cccc(Cl)c3)C2=O)C1. The third kappa shape index (κ3) is 3.03. The molecule has 122 valence electrons. The van der Waals surface area contributed by atoms with Crippen molar-refractivity contribution in [1.82, 2.24) is 4.90 Å². The second-order valence-electron chi connectivity index (χ2n) is 5.92. The minimum absolute atomic E-state index is 0.190. The molecule has 0 aromatic heterocycles. The molecule has 23 heavy (non-hydrogen) atoms. The Morgan fingerprint density at radius 2 is 2.00 bits per heavy atom. The minimum atomic E-state index is -0.890. The van der Waals surface area contributed by atoms with Gasteiger partial charge in [0, 0.05) is 30.3 Å². The summed E-state index contributed by atoms with van der Waals surface area (Å²) in [6.07, 6.45) is 0.887. The number of carboxylic acids is 1. The number of amides is 2. The molecule has 0 bridgehead atoms. The molecule has 2 atom stereocenters. The van der Waals surface area contributed by atoms with Crippen molar-refractivity contribution in [2.24, 2.45) is 11.8 Å². The lowest BCUT2D eigenvalue weighted by molar-refractivity contribution is -0.142. The Labute approximate surface area is 138 Å². The van der Waals surface area contributed by atoms with Gasteiger partial charge in [0.25, 0.3) is 0 Å². The summed E-state index contributed by atoms with van der Waals surface area (Å²) in [4.78, 5) is 39.1. The molecule has 7 heteroatoms. The molecule has 3 rings (SSSR count). The molecule has 0 saturated carbocycles. The fraction of sp³-hybridized carbons (Fsp3) is 0.438. The van der Waals surface area contributed by atoms with Crippen LogP contribution in [0.3, 0.4) is 0 Å². The van der Waals surface area contributed by atoms with Gasteiger partial charge >= 0.3 is 5.97 Å². The van der Waals surface area contributed by atoms with Crippen LogP contribution in [0, 0.1) is 11.8 Å². The number of benzene rings is 1. The molecule has 2 heterocycles. The van der Waals surface area contributed by atoms with E-state index in [-0.39, 0.29) is 18.4 Å². The standard InChI is InChI=1S/C16H17ClN2O4/c17-11-2-1-3-12(8-11)19-7-5-13(15(19)21)14(20)18-6-4-10(9-18)16(22)23/h1-3,8,10,13H,4-7,9H2,(H,22,23). The van der Waals surface area contributed by atoms with E-state index in [2.05, 4.69) is 0 Å². The summed E-state index contributed by atoms with van der Waals surface area (Å²) in [6, 6.07) is 6.97. The van der Waals surface area contributed by atoms with E-state index in [1.807, 2.05) is 0 Å². The van der Waals surface area contributed by atoms with E-state index in [1.165, 1.54) is 4.90 Å².